The summed E-state index contributed by atoms with van der Waals surface area (Å²) in [6.07, 6.45) is -0.294. The molecule has 2 aliphatic heterocycles. The number of rotatable bonds is 4. The van der Waals surface area contributed by atoms with Crippen LogP contribution in [0.4, 0.5) is 4.39 Å². The first-order chi connectivity index (χ1) is 16.2. The number of aromatic nitrogens is 2. The molecule has 1 unspecified atom stereocenters. The minimum Gasteiger partial charge on any atom is -0.403 e. The van der Waals surface area contributed by atoms with Crippen LogP contribution in [0.15, 0.2) is 23.1 Å². The van der Waals surface area contributed by atoms with Crippen molar-refractivity contribution in [3.05, 3.63) is 55.7 Å². The molecule has 5 atom stereocenters. The molecule has 0 aliphatic carbocycles. The Morgan fingerprint density at radius 3 is 2.94 bits per heavy atom. The minimum absolute atomic E-state index is 0.126. The van der Waals surface area contributed by atoms with Gasteiger partial charge >= 0.3 is 7.82 Å². The number of hydrogen-bond acceptors (Lipinski definition) is 9. The van der Waals surface area contributed by atoms with Crippen molar-refractivity contribution in [2.45, 2.75) is 44.7 Å². The average molecular weight is 500 g/mol. The molecule has 1 saturated heterocycles. The maximum Gasteiger partial charge on any atom is 0.530 e. The second-order valence-electron chi connectivity index (χ2n) is 7.52. The van der Waals surface area contributed by atoms with Crippen LogP contribution in [0.3, 0.4) is 0 Å². The van der Waals surface area contributed by atoms with E-state index in [4.69, 9.17) is 39.7 Å². The number of ether oxygens (including phenoxy) is 1. The van der Waals surface area contributed by atoms with Crippen LogP contribution in [0, 0.1) is 31.0 Å². The minimum atomic E-state index is -4.76. The number of nitrogens with zero attached hydrogens (tertiary/aromatic N) is 1. The van der Waals surface area contributed by atoms with E-state index < -0.39 is 44.2 Å². The maximum absolute atomic E-state index is 15.9. The second kappa shape index (κ2) is 8.45. The van der Waals surface area contributed by atoms with Gasteiger partial charge in [-0.15, -0.1) is 6.42 Å². The van der Waals surface area contributed by atoms with Crippen molar-refractivity contribution in [3.63, 3.8) is 0 Å². The third kappa shape index (κ3) is 4.29. The molecule has 1 aromatic carbocycles. The Bertz CT molecular complexity index is 1410. The molecule has 0 radical (unpaired) electrons. The maximum atomic E-state index is 15.9. The fourth-order valence-corrected chi connectivity index (χ4v) is 4.91. The SMILES string of the molecule is [2H]C([2H])(OP1(=O)OCc2cc(C)cc(C)c2O1)[C@@]1(F)O[C@@H](n2cc(C#C)c(=O)[nH]c2=S)[C@H](O)[C@@H]1O. The largest absolute Gasteiger partial charge is 0.530 e. The summed E-state index contributed by atoms with van der Waals surface area (Å²) >= 11 is 4.98. The van der Waals surface area contributed by atoms with E-state index in [0.717, 1.165) is 16.3 Å². The highest BCUT2D eigenvalue weighted by molar-refractivity contribution is 7.71. The summed E-state index contributed by atoms with van der Waals surface area (Å²) in [7, 11) is -4.76. The summed E-state index contributed by atoms with van der Waals surface area (Å²) in [6.45, 7) is -0.464. The van der Waals surface area contributed by atoms with E-state index in [0.29, 0.717) is 11.1 Å². The number of aliphatic hydroxyl groups excluding tert-OH is 2. The molecule has 3 heterocycles. The predicted molar refractivity (Wildman–Crippen MR) is 115 cm³/mol. The van der Waals surface area contributed by atoms with Gasteiger partial charge in [0, 0.05) is 11.8 Å². The van der Waals surface area contributed by atoms with Gasteiger partial charge in [0.25, 0.3) is 11.4 Å². The third-order valence-corrected chi connectivity index (χ3v) is 6.54. The van der Waals surface area contributed by atoms with Gasteiger partial charge in [0.05, 0.1) is 9.35 Å². The van der Waals surface area contributed by atoms with Gasteiger partial charge in [-0.1, -0.05) is 23.6 Å². The van der Waals surface area contributed by atoms with E-state index in [1.165, 1.54) is 0 Å². The van der Waals surface area contributed by atoms with Crippen LogP contribution >= 0.6 is 20.0 Å². The number of phosphoric ester groups is 1. The number of benzene rings is 1. The zero-order valence-corrected chi connectivity index (χ0v) is 19.0. The van der Waals surface area contributed by atoms with Crippen LogP contribution in [0.25, 0.3) is 0 Å². The first-order valence-electron chi connectivity index (χ1n) is 10.5. The number of aliphatic hydroxyl groups is 2. The van der Waals surface area contributed by atoms with Crippen LogP contribution in [-0.4, -0.2) is 44.4 Å². The van der Waals surface area contributed by atoms with Gasteiger partial charge in [0.2, 0.25) is 0 Å². The summed E-state index contributed by atoms with van der Waals surface area (Å²) < 4.78 is 66.0. The fraction of sp³-hybridized carbons (Fsp3) is 0.400. The van der Waals surface area contributed by atoms with E-state index in [-0.39, 0.29) is 22.7 Å². The molecule has 1 aromatic heterocycles. The van der Waals surface area contributed by atoms with Crippen molar-refractivity contribution in [3.8, 4) is 18.1 Å². The van der Waals surface area contributed by atoms with E-state index in [2.05, 4.69) is 10.9 Å². The first kappa shape index (κ1) is 21.2. The lowest BCUT2D eigenvalue weighted by molar-refractivity contribution is -0.205. The highest BCUT2D eigenvalue weighted by Crippen LogP contribution is 2.56. The van der Waals surface area contributed by atoms with Gasteiger partial charge in [-0.3, -0.25) is 23.4 Å². The lowest BCUT2D eigenvalue weighted by atomic mass is 10.1. The van der Waals surface area contributed by atoms with Gasteiger partial charge in [-0.2, -0.15) is 0 Å². The molecular formula is C20H20FN2O8PS. The summed E-state index contributed by atoms with van der Waals surface area (Å²) in [5.41, 5.74) is 0.977. The zero-order valence-electron chi connectivity index (χ0n) is 19.3. The Morgan fingerprint density at radius 1 is 1.52 bits per heavy atom. The first-order valence-corrected chi connectivity index (χ1v) is 11.4. The number of phosphoric acid groups is 1. The Morgan fingerprint density at radius 2 is 2.24 bits per heavy atom. The Labute approximate surface area is 195 Å². The summed E-state index contributed by atoms with van der Waals surface area (Å²) in [5, 5.41) is 20.9. The third-order valence-electron chi connectivity index (χ3n) is 5.06. The normalized spacial score (nSPS) is 32.3. The number of H-pyrrole nitrogens is 1. The van der Waals surface area contributed by atoms with Crippen LogP contribution in [0.5, 0.6) is 5.75 Å². The standard InChI is InChI=1S/C20H20FN2O8PS/c1-4-12-7-23(19(33)22-17(12)26)18-14(24)16(25)20(21,30-18)9-29-32(27)28-8-13-6-10(2)5-11(3)15(13)31-32/h1,5-7,14,16,18,24-25H,8-9H2,2-3H3,(H,22,26,33)/t14-,16+,18-,20-,32?/m1/s1/i9D2. The molecule has 13 heteroatoms. The summed E-state index contributed by atoms with van der Waals surface area (Å²) in [4.78, 5) is 14.0. The molecule has 10 nitrogen and oxygen atoms in total. The van der Waals surface area contributed by atoms with Crippen LogP contribution < -0.4 is 10.1 Å². The van der Waals surface area contributed by atoms with Crippen molar-refractivity contribution in [2.75, 3.05) is 6.56 Å². The highest BCUT2D eigenvalue weighted by atomic mass is 32.1. The van der Waals surface area contributed by atoms with E-state index in [9.17, 15) is 19.6 Å². The van der Waals surface area contributed by atoms with Gasteiger partial charge in [-0.05, 0) is 31.6 Å². The number of aryl methyl sites for hydroxylation is 2. The van der Waals surface area contributed by atoms with Crippen LogP contribution in [0.1, 0.15) is 31.2 Å². The number of hydrogen-bond donors (Lipinski definition) is 3. The fourth-order valence-electron chi connectivity index (χ4n) is 3.50. The van der Waals surface area contributed by atoms with Gasteiger partial charge in [0.15, 0.2) is 11.0 Å². The van der Waals surface area contributed by atoms with E-state index in [1.54, 1.807) is 19.1 Å². The molecule has 2 aliphatic rings. The Kier molecular flexibility index (Phi) is 5.43. The van der Waals surface area contributed by atoms with Gasteiger partial charge in [0.1, 0.15) is 30.1 Å². The number of fused-ring (bicyclic) bond motifs is 1. The predicted octanol–water partition coefficient (Wildman–Crippen LogP) is 2.15. The average Bonchev–Trinajstić information content (AvgIpc) is 2.99. The molecule has 0 spiro atoms. The molecule has 0 saturated carbocycles. The second-order valence-corrected chi connectivity index (χ2v) is 9.42. The van der Waals surface area contributed by atoms with Crippen molar-refractivity contribution < 1.29 is 40.2 Å². The van der Waals surface area contributed by atoms with Crippen molar-refractivity contribution in [2.24, 2.45) is 0 Å². The molecule has 2 aromatic rings. The number of alkyl halides is 1. The van der Waals surface area contributed by atoms with Crippen molar-refractivity contribution in [1.29, 1.82) is 0 Å². The zero-order chi connectivity index (χ0) is 25.9. The number of halogens is 1. The molecule has 4 rings (SSSR count). The molecule has 33 heavy (non-hydrogen) atoms. The molecular weight excluding hydrogens is 478 g/mol. The van der Waals surface area contributed by atoms with Crippen molar-refractivity contribution in [1.82, 2.24) is 9.55 Å². The monoisotopic (exact) mass is 500 g/mol. The summed E-state index contributed by atoms with van der Waals surface area (Å²) in [5.74, 6) is -1.60. The highest BCUT2D eigenvalue weighted by Gasteiger charge is 2.57. The number of terminal acetylenes is 1. The Hall–Kier alpha value is -2.36. The molecule has 1 fully saturated rings. The van der Waals surface area contributed by atoms with Crippen LogP contribution in [0.2, 0.25) is 0 Å². The number of nitrogens with one attached hydrogen (secondary N) is 1. The van der Waals surface area contributed by atoms with E-state index >= 15 is 4.39 Å². The smallest absolute Gasteiger partial charge is 0.403 e. The molecule has 3 N–H and O–H groups in total. The summed E-state index contributed by atoms with van der Waals surface area (Å²) in [6, 6.07) is 3.43. The van der Waals surface area contributed by atoms with E-state index in [1.807, 2.05) is 6.92 Å². The van der Waals surface area contributed by atoms with Crippen molar-refractivity contribution >= 4 is 20.0 Å². The van der Waals surface area contributed by atoms with Gasteiger partial charge < -0.3 is 19.5 Å². The molecule has 0 amide bonds. The van der Waals surface area contributed by atoms with Gasteiger partial charge in [-0.25, -0.2) is 8.96 Å². The lowest BCUT2D eigenvalue weighted by Crippen LogP contribution is -2.43. The topological polar surface area (TPSA) is 132 Å². The molecule has 0 bridgehead atoms. The number of aromatic amines is 1. The Balaban J connectivity index is 1.65. The quantitative estimate of drug-likeness (QED) is 0.328. The molecule has 176 valence electrons. The lowest BCUT2D eigenvalue weighted by Gasteiger charge is -2.29. The van der Waals surface area contributed by atoms with Crippen LogP contribution in [-0.2, 0) is 25.0 Å².